The van der Waals surface area contributed by atoms with Crippen LogP contribution in [0.4, 0.5) is 4.79 Å². The van der Waals surface area contributed by atoms with Gasteiger partial charge in [0.25, 0.3) is 0 Å². The fraction of sp³-hybridized carbons (Fsp3) is 0.500. The van der Waals surface area contributed by atoms with Crippen LogP contribution in [0.5, 0.6) is 0 Å². The average molecular weight is 342 g/mol. The maximum atomic E-state index is 12.2. The average Bonchev–Trinajstić information content (AvgIpc) is 3.32. The smallest absolute Gasteiger partial charge is 0.315 e. The highest BCUT2D eigenvalue weighted by Crippen LogP contribution is 2.24. The fourth-order valence-corrected chi connectivity index (χ4v) is 3.28. The number of carbonyl (C=O) groups is 1. The monoisotopic (exact) mass is 342 g/mol. The second kappa shape index (κ2) is 8.62. The van der Waals surface area contributed by atoms with Crippen molar-refractivity contribution in [1.29, 1.82) is 0 Å². The van der Waals surface area contributed by atoms with E-state index in [1.807, 2.05) is 17.6 Å². The molecule has 0 bridgehead atoms. The van der Waals surface area contributed by atoms with E-state index in [0.717, 1.165) is 25.5 Å². The number of hydrogen-bond donors (Lipinski definition) is 2. The van der Waals surface area contributed by atoms with Crippen molar-refractivity contribution in [3.63, 3.8) is 0 Å². The number of likely N-dealkylation sites (tertiary alicyclic amines) is 1. The Morgan fingerprint density at radius 2 is 1.96 bits per heavy atom. The number of aryl methyl sites for hydroxylation is 1. The molecule has 3 rings (SSSR count). The molecule has 1 aromatic carbocycles. The van der Waals surface area contributed by atoms with Gasteiger partial charge in [-0.05, 0) is 38.4 Å². The Kier molecular flexibility index (Phi) is 6.00. The molecule has 0 radical (unpaired) electrons. The quantitative estimate of drug-likeness (QED) is 0.806. The molecule has 1 atom stereocenters. The molecule has 0 saturated carbocycles. The first-order valence-corrected chi connectivity index (χ1v) is 8.95. The molecule has 1 fully saturated rings. The third-order valence-electron chi connectivity index (χ3n) is 4.67. The van der Waals surface area contributed by atoms with Gasteiger partial charge >= 0.3 is 6.03 Å². The normalized spacial score (nSPS) is 15.9. The van der Waals surface area contributed by atoms with Crippen LogP contribution in [-0.4, -0.2) is 45.3 Å². The van der Waals surface area contributed by atoms with Crippen molar-refractivity contribution in [3.05, 3.63) is 48.0 Å². The van der Waals surface area contributed by atoms with Crippen LogP contribution in [-0.2, 0) is 13.1 Å². The van der Waals surface area contributed by atoms with Crippen molar-refractivity contribution in [3.8, 4) is 0 Å². The van der Waals surface area contributed by atoms with E-state index in [9.17, 15) is 4.79 Å². The maximum absolute atomic E-state index is 12.2. The molecule has 134 valence electrons. The summed E-state index contributed by atoms with van der Waals surface area (Å²) in [6, 6.07) is 10.4. The van der Waals surface area contributed by atoms with Crippen molar-refractivity contribution in [2.24, 2.45) is 0 Å². The van der Waals surface area contributed by atoms with E-state index < -0.39 is 0 Å². The lowest BCUT2D eigenvalue weighted by atomic mass is 10.1. The van der Waals surface area contributed by atoms with Crippen LogP contribution in [0, 0.1) is 0 Å². The summed E-state index contributed by atoms with van der Waals surface area (Å²) >= 11 is 0. The first kappa shape index (κ1) is 17.4. The fourth-order valence-electron chi connectivity index (χ4n) is 3.28. The lowest BCUT2D eigenvalue weighted by molar-refractivity contribution is 0.220. The summed E-state index contributed by atoms with van der Waals surface area (Å²) < 4.78 is 1.91. The lowest BCUT2D eigenvalue weighted by Gasteiger charge is -2.28. The second-order valence-electron chi connectivity index (χ2n) is 6.27. The van der Waals surface area contributed by atoms with Gasteiger partial charge in [-0.15, -0.1) is 10.2 Å². The minimum Gasteiger partial charge on any atom is -0.336 e. The van der Waals surface area contributed by atoms with Crippen LogP contribution in [0.25, 0.3) is 0 Å². The third kappa shape index (κ3) is 4.57. The van der Waals surface area contributed by atoms with Crippen LogP contribution >= 0.6 is 0 Å². The maximum Gasteiger partial charge on any atom is 0.315 e. The zero-order valence-electron chi connectivity index (χ0n) is 14.7. The second-order valence-corrected chi connectivity index (χ2v) is 6.27. The van der Waals surface area contributed by atoms with E-state index in [-0.39, 0.29) is 12.1 Å². The number of carbonyl (C=O) groups excluding carboxylic acids is 1. The van der Waals surface area contributed by atoms with Crippen LogP contribution < -0.4 is 10.6 Å². The molecule has 2 heterocycles. The van der Waals surface area contributed by atoms with Gasteiger partial charge in [0.1, 0.15) is 6.33 Å². The molecular formula is C18H26N6O. The first-order chi connectivity index (χ1) is 12.3. The molecule has 1 aromatic heterocycles. The molecule has 1 saturated heterocycles. The van der Waals surface area contributed by atoms with Crippen LogP contribution in [0.2, 0.25) is 0 Å². The molecule has 0 spiro atoms. The highest BCUT2D eigenvalue weighted by Gasteiger charge is 2.23. The molecule has 25 heavy (non-hydrogen) atoms. The van der Waals surface area contributed by atoms with E-state index >= 15 is 0 Å². The number of nitrogens with zero attached hydrogens (tertiary/aromatic N) is 4. The number of urea groups is 1. The highest BCUT2D eigenvalue weighted by atomic mass is 16.2. The SMILES string of the molecule is CCn1cnnc1CNC(=O)NC[C@@H](c1ccccc1)N1CCCC1. The molecule has 0 aliphatic carbocycles. The zero-order chi connectivity index (χ0) is 17.5. The van der Waals surface area contributed by atoms with Gasteiger partial charge in [-0.1, -0.05) is 30.3 Å². The summed E-state index contributed by atoms with van der Waals surface area (Å²) in [5.74, 6) is 0.761. The number of nitrogens with one attached hydrogen (secondary N) is 2. The molecule has 1 aliphatic rings. The minimum absolute atomic E-state index is 0.175. The van der Waals surface area contributed by atoms with Gasteiger partial charge in [0.05, 0.1) is 12.6 Å². The number of hydrogen-bond acceptors (Lipinski definition) is 4. The van der Waals surface area contributed by atoms with Crippen molar-refractivity contribution in [2.75, 3.05) is 19.6 Å². The third-order valence-corrected chi connectivity index (χ3v) is 4.67. The van der Waals surface area contributed by atoms with E-state index in [1.54, 1.807) is 6.33 Å². The number of aromatic nitrogens is 3. The molecular weight excluding hydrogens is 316 g/mol. The van der Waals surface area contributed by atoms with Crippen molar-refractivity contribution >= 4 is 6.03 Å². The standard InChI is InChI=1S/C18H26N6O/c1-2-23-14-21-22-17(23)13-20-18(25)19-12-16(24-10-6-7-11-24)15-8-4-3-5-9-15/h3-5,8-9,14,16H,2,6-7,10-13H2,1H3,(H2,19,20,25)/t16-/m0/s1. The highest BCUT2D eigenvalue weighted by molar-refractivity contribution is 5.73. The van der Waals surface area contributed by atoms with Crippen molar-refractivity contribution < 1.29 is 4.79 Å². The zero-order valence-corrected chi connectivity index (χ0v) is 14.7. The molecule has 7 heteroatoms. The number of benzene rings is 1. The summed E-state index contributed by atoms with van der Waals surface area (Å²) in [5.41, 5.74) is 1.25. The van der Waals surface area contributed by atoms with Gasteiger partial charge in [0, 0.05) is 13.1 Å². The van der Waals surface area contributed by atoms with E-state index in [1.165, 1.54) is 18.4 Å². The van der Waals surface area contributed by atoms with Crippen LogP contribution in [0.3, 0.4) is 0 Å². The Balaban J connectivity index is 1.54. The van der Waals surface area contributed by atoms with E-state index in [4.69, 9.17) is 0 Å². The largest absolute Gasteiger partial charge is 0.336 e. The van der Waals surface area contributed by atoms with Gasteiger partial charge < -0.3 is 15.2 Å². The van der Waals surface area contributed by atoms with E-state index in [2.05, 4.69) is 50.0 Å². The first-order valence-electron chi connectivity index (χ1n) is 8.95. The van der Waals surface area contributed by atoms with Gasteiger partial charge in [0.2, 0.25) is 0 Å². The van der Waals surface area contributed by atoms with Crippen LogP contribution in [0.15, 0.2) is 36.7 Å². The molecule has 2 amide bonds. The molecule has 7 nitrogen and oxygen atoms in total. The Bertz CT molecular complexity index is 665. The minimum atomic E-state index is -0.175. The molecule has 2 aromatic rings. The van der Waals surface area contributed by atoms with Gasteiger partial charge in [-0.25, -0.2) is 4.79 Å². The summed E-state index contributed by atoms with van der Waals surface area (Å²) in [6.07, 6.45) is 4.12. The Morgan fingerprint density at radius 1 is 1.20 bits per heavy atom. The van der Waals surface area contributed by atoms with E-state index in [0.29, 0.717) is 13.1 Å². The number of rotatable bonds is 7. The van der Waals surface area contributed by atoms with Crippen LogP contribution in [0.1, 0.15) is 37.2 Å². The van der Waals surface area contributed by atoms with Crippen molar-refractivity contribution in [2.45, 2.75) is 38.9 Å². The summed E-state index contributed by atoms with van der Waals surface area (Å²) in [7, 11) is 0. The molecule has 2 N–H and O–H groups in total. The Labute approximate surface area is 148 Å². The predicted octanol–water partition coefficient (Wildman–Crippen LogP) is 1.93. The topological polar surface area (TPSA) is 75.1 Å². The lowest BCUT2D eigenvalue weighted by Crippen LogP contribution is -2.41. The summed E-state index contributed by atoms with van der Waals surface area (Å²) in [6.45, 7) is 5.95. The summed E-state index contributed by atoms with van der Waals surface area (Å²) in [4.78, 5) is 14.6. The van der Waals surface area contributed by atoms with Gasteiger partial charge in [0.15, 0.2) is 5.82 Å². The van der Waals surface area contributed by atoms with Gasteiger partial charge in [-0.2, -0.15) is 0 Å². The molecule has 1 aliphatic heterocycles. The van der Waals surface area contributed by atoms with Crippen molar-refractivity contribution in [1.82, 2.24) is 30.3 Å². The predicted molar refractivity (Wildman–Crippen MR) is 95.9 cm³/mol. The Hall–Kier alpha value is -2.41. The molecule has 0 unspecified atom stereocenters. The van der Waals surface area contributed by atoms with Gasteiger partial charge in [-0.3, -0.25) is 4.90 Å². The Morgan fingerprint density at radius 3 is 2.68 bits per heavy atom. The number of amides is 2. The summed E-state index contributed by atoms with van der Waals surface area (Å²) in [5, 5.41) is 13.8.